The molecule has 6 nitrogen and oxygen atoms in total. The van der Waals surface area contributed by atoms with Crippen LogP contribution in [0.4, 0.5) is 14.9 Å². The van der Waals surface area contributed by atoms with Crippen molar-refractivity contribution in [3.8, 4) is 0 Å². The summed E-state index contributed by atoms with van der Waals surface area (Å²) in [6.07, 6.45) is 4.76. The van der Waals surface area contributed by atoms with Crippen molar-refractivity contribution in [3.05, 3.63) is 69.6 Å². The van der Waals surface area contributed by atoms with E-state index in [1.807, 2.05) is 20.8 Å². The summed E-state index contributed by atoms with van der Waals surface area (Å²) in [5, 5.41) is 3.92. The number of nitrogens with one attached hydrogen (secondary N) is 2. The minimum absolute atomic E-state index is 0.0645. The molecule has 2 N–H and O–H groups in total. The second kappa shape index (κ2) is 8.61. The first-order valence-corrected chi connectivity index (χ1v) is 9.63. The van der Waals surface area contributed by atoms with Gasteiger partial charge in [-0.25, -0.2) is 9.18 Å². The van der Waals surface area contributed by atoms with E-state index in [2.05, 4.69) is 15.3 Å². The van der Waals surface area contributed by atoms with Gasteiger partial charge in [-0.2, -0.15) is 0 Å². The Morgan fingerprint density at radius 2 is 2.03 bits per heavy atom. The maximum atomic E-state index is 13.4. The predicted molar refractivity (Wildman–Crippen MR) is 113 cm³/mol. The number of carbonyl (C=O) groups is 1. The van der Waals surface area contributed by atoms with Crippen molar-refractivity contribution >= 4 is 34.1 Å². The van der Waals surface area contributed by atoms with Gasteiger partial charge in [0.25, 0.3) is 5.56 Å². The first-order valence-electron chi connectivity index (χ1n) is 9.26. The molecule has 3 rings (SSSR count). The summed E-state index contributed by atoms with van der Waals surface area (Å²) in [5.41, 5.74) is 0.970. The highest BCUT2D eigenvalue weighted by atomic mass is 35.5. The maximum absolute atomic E-state index is 13.4. The molecule has 0 radical (unpaired) electrons. The minimum Gasteiger partial charge on any atom is -0.328 e. The normalized spacial score (nSPS) is 12.2. The highest BCUT2D eigenvalue weighted by molar-refractivity contribution is 6.31. The summed E-state index contributed by atoms with van der Waals surface area (Å²) >= 11 is 5.82. The van der Waals surface area contributed by atoms with Crippen LogP contribution in [0.15, 0.2) is 47.7 Å². The maximum Gasteiger partial charge on any atom is 0.322 e. The summed E-state index contributed by atoms with van der Waals surface area (Å²) in [6.45, 7) is 6.40. The van der Waals surface area contributed by atoms with Crippen molar-refractivity contribution in [1.82, 2.24) is 14.9 Å². The van der Waals surface area contributed by atoms with Gasteiger partial charge in [-0.15, -0.1) is 0 Å². The van der Waals surface area contributed by atoms with Gasteiger partial charge in [-0.05, 0) is 48.1 Å². The molecule has 0 fully saturated rings. The average Bonchev–Trinajstić information content (AvgIpc) is 2.69. The highest BCUT2D eigenvalue weighted by Crippen LogP contribution is 2.27. The van der Waals surface area contributed by atoms with Crippen LogP contribution in [-0.4, -0.2) is 27.4 Å². The monoisotopic (exact) mass is 416 g/mol. The Labute approximate surface area is 172 Å². The summed E-state index contributed by atoms with van der Waals surface area (Å²) in [7, 11) is 0. The van der Waals surface area contributed by atoms with Crippen LogP contribution >= 0.6 is 11.6 Å². The van der Waals surface area contributed by atoms with E-state index >= 15 is 0 Å². The molecule has 2 aromatic heterocycles. The molecule has 0 spiro atoms. The molecular weight excluding hydrogens is 395 g/mol. The van der Waals surface area contributed by atoms with Crippen LogP contribution in [0.1, 0.15) is 32.4 Å². The van der Waals surface area contributed by atoms with Gasteiger partial charge in [0.15, 0.2) is 0 Å². The molecule has 0 aliphatic rings. The minimum atomic E-state index is -0.551. The fraction of sp³-hybridized carbons (Fsp3) is 0.286. The molecular formula is C21H22ClFN4O2. The second-order valence-electron chi connectivity index (χ2n) is 7.28. The molecule has 0 bridgehead atoms. The number of hydrogen-bond donors (Lipinski definition) is 2. The number of pyridine rings is 2. The van der Waals surface area contributed by atoms with Gasteiger partial charge in [-0.1, -0.05) is 25.4 Å². The number of nitrogens with zero attached hydrogens (tertiary/aromatic N) is 2. The third-order valence-electron chi connectivity index (χ3n) is 4.65. The number of anilines is 1. The topological polar surface area (TPSA) is 78.1 Å². The SMILES string of the molecule is CC(C)CN(C(=O)Nc1ccc(F)c(Cl)c1)[C@H](C)c1c[nH]c(=O)c2cnccc12. The van der Waals surface area contributed by atoms with E-state index in [0.717, 1.165) is 10.9 Å². The zero-order chi connectivity index (χ0) is 21.1. The fourth-order valence-electron chi connectivity index (χ4n) is 3.22. The van der Waals surface area contributed by atoms with Gasteiger partial charge >= 0.3 is 6.03 Å². The third kappa shape index (κ3) is 4.56. The van der Waals surface area contributed by atoms with E-state index in [9.17, 15) is 14.0 Å². The molecule has 2 amide bonds. The van der Waals surface area contributed by atoms with E-state index in [1.165, 1.54) is 24.4 Å². The molecule has 8 heteroatoms. The number of amides is 2. The zero-order valence-electron chi connectivity index (χ0n) is 16.4. The predicted octanol–water partition coefficient (Wildman–Crippen LogP) is 4.97. The zero-order valence-corrected chi connectivity index (χ0v) is 17.1. The van der Waals surface area contributed by atoms with Crippen LogP contribution in [0.3, 0.4) is 0 Å². The smallest absolute Gasteiger partial charge is 0.322 e. The standard InChI is InChI=1S/C21H22ClFN4O2/c1-12(2)11-27(21(29)26-14-4-5-19(23)18(22)8-14)13(3)16-10-25-20(28)17-9-24-7-6-15(16)17/h4-10,12-13H,11H2,1-3H3,(H,25,28)(H,26,29)/t13-/m1/s1. The molecule has 0 unspecified atom stereocenters. The average molecular weight is 417 g/mol. The number of fused-ring (bicyclic) bond motifs is 1. The van der Waals surface area contributed by atoms with E-state index in [4.69, 9.17) is 11.6 Å². The van der Waals surface area contributed by atoms with Gasteiger partial charge in [0.05, 0.1) is 16.5 Å². The number of hydrogen-bond acceptors (Lipinski definition) is 3. The van der Waals surface area contributed by atoms with Crippen molar-refractivity contribution in [2.45, 2.75) is 26.8 Å². The van der Waals surface area contributed by atoms with Crippen LogP contribution in [-0.2, 0) is 0 Å². The number of aromatic nitrogens is 2. The lowest BCUT2D eigenvalue weighted by atomic mass is 10.0. The number of benzene rings is 1. The van der Waals surface area contributed by atoms with Gasteiger partial charge < -0.3 is 15.2 Å². The van der Waals surface area contributed by atoms with Crippen molar-refractivity contribution in [2.75, 3.05) is 11.9 Å². The first kappa shape index (κ1) is 20.8. The fourth-order valence-corrected chi connectivity index (χ4v) is 3.40. The van der Waals surface area contributed by atoms with Crippen molar-refractivity contribution in [2.24, 2.45) is 5.92 Å². The number of carbonyl (C=O) groups excluding carboxylic acids is 1. The molecule has 0 saturated heterocycles. The Bertz CT molecular complexity index is 1100. The Hall–Kier alpha value is -2.93. The van der Waals surface area contributed by atoms with Crippen molar-refractivity contribution in [3.63, 3.8) is 0 Å². The quantitative estimate of drug-likeness (QED) is 0.616. The van der Waals surface area contributed by atoms with Crippen LogP contribution in [0.5, 0.6) is 0 Å². The van der Waals surface area contributed by atoms with E-state index in [0.29, 0.717) is 17.6 Å². The molecule has 29 heavy (non-hydrogen) atoms. The van der Waals surface area contributed by atoms with E-state index in [1.54, 1.807) is 23.4 Å². The van der Waals surface area contributed by atoms with Crippen LogP contribution in [0, 0.1) is 11.7 Å². The molecule has 3 aromatic rings. The summed E-state index contributed by atoms with van der Waals surface area (Å²) < 4.78 is 13.4. The van der Waals surface area contributed by atoms with Crippen LogP contribution < -0.4 is 10.9 Å². The number of halogens is 2. The largest absolute Gasteiger partial charge is 0.328 e. The van der Waals surface area contributed by atoms with Crippen molar-refractivity contribution in [1.29, 1.82) is 0 Å². The van der Waals surface area contributed by atoms with Crippen LogP contribution in [0.25, 0.3) is 10.8 Å². The number of aromatic amines is 1. The molecule has 0 saturated carbocycles. The molecule has 1 atom stereocenters. The number of rotatable bonds is 5. The van der Waals surface area contributed by atoms with Crippen LogP contribution in [0.2, 0.25) is 5.02 Å². The molecule has 0 aliphatic carbocycles. The van der Waals surface area contributed by atoms with Gasteiger partial charge in [0.1, 0.15) is 5.82 Å². The Kier molecular flexibility index (Phi) is 6.17. The second-order valence-corrected chi connectivity index (χ2v) is 7.68. The lowest BCUT2D eigenvalue weighted by molar-refractivity contribution is 0.184. The highest BCUT2D eigenvalue weighted by Gasteiger charge is 2.24. The summed E-state index contributed by atoms with van der Waals surface area (Å²) in [5.74, 6) is -0.346. The molecule has 1 aromatic carbocycles. The van der Waals surface area contributed by atoms with Gasteiger partial charge in [0.2, 0.25) is 0 Å². The molecule has 2 heterocycles. The van der Waals surface area contributed by atoms with E-state index < -0.39 is 5.82 Å². The number of urea groups is 1. The Morgan fingerprint density at radius 1 is 1.28 bits per heavy atom. The lowest BCUT2D eigenvalue weighted by Crippen LogP contribution is -2.39. The summed E-state index contributed by atoms with van der Waals surface area (Å²) in [6, 6.07) is 5.11. The Balaban J connectivity index is 1.96. The first-order chi connectivity index (χ1) is 13.8. The number of H-pyrrole nitrogens is 1. The van der Waals surface area contributed by atoms with Gasteiger partial charge in [0, 0.05) is 30.8 Å². The lowest BCUT2D eigenvalue weighted by Gasteiger charge is -2.31. The summed E-state index contributed by atoms with van der Waals surface area (Å²) in [4.78, 5) is 33.6. The Morgan fingerprint density at radius 3 is 2.72 bits per heavy atom. The van der Waals surface area contributed by atoms with Crippen molar-refractivity contribution < 1.29 is 9.18 Å². The molecule has 0 aliphatic heterocycles. The molecule has 152 valence electrons. The third-order valence-corrected chi connectivity index (χ3v) is 4.94. The van der Waals surface area contributed by atoms with E-state index in [-0.39, 0.29) is 28.6 Å². The van der Waals surface area contributed by atoms with Gasteiger partial charge in [-0.3, -0.25) is 9.78 Å².